The van der Waals surface area contributed by atoms with Crippen LogP contribution in [0.4, 0.5) is 10.5 Å². The van der Waals surface area contributed by atoms with E-state index >= 15 is 0 Å². The number of hydrogen-bond donors (Lipinski definition) is 2. The van der Waals surface area contributed by atoms with E-state index in [2.05, 4.69) is 17.6 Å². The highest BCUT2D eigenvalue weighted by Crippen LogP contribution is 2.22. The van der Waals surface area contributed by atoms with Crippen LogP contribution in [0.25, 0.3) is 0 Å². The van der Waals surface area contributed by atoms with Crippen LogP contribution in [-0.4, -0.2) is 28.3 Å². The maximum atomic E-state index is 11.8. The average molecular weight is 349 g/mol. The van der Waals surface area contributed by atoms with E-state index < -0.39 is 5.60 Å². The summed E-state index contributed by atoms with van der Waals surface area (Å²) in [6.07, 6.45) is 6.30. The lowest BCUT2D eigenvalue weighted by Gasteiger charge is -2.31. The van der Waals surface area contributed by atoms with Crippen molar-refractivity contribution in [2.75, 3.05) is 5.32 Å². The lowest BCUT2D eigenvalue weighted by Crippen LogP contribution is -2.42. The summed E-state index contributed by atoms with van der Waals surface area (Å²) in [5.74, 6) is 0. The van der Waals surface area contributed by atoms with Crippen LogP contribution in [0, 0.1) is 0 Å². The van der Waals surface area contributed by atoms with Crippen LogP contribution in [0.2, 0.25) is 0 Å². The molecule has 1 aromatic rings. The second-order valence-corrected chi connectivity index (χ2v) is 7.79. The molecule has 6 heteroatoms. The number of anilines is 1. The number of alkyl carbamates (subject to hydrolysis) is 1. The molecule has 0 aromatic carbocycles. The standard InChI is InChI=1S/C19H31N3O3/c1-5-12-22-13-16(10-11-17(22)23)20-14-6-8-15(9-7-14)21-18(24)25-19(2,3)4/h10-11,13-15,20H,5-9,12H2,1-4H3,(H,21,24). The Morgan fingerprint density at radius 3 is 2.44 bits per heavy atom. The Labute approximate surface area is 150 Å². The molecule has 1 saturated carbocycles. The number of aromatic nitrogens is 1. The molecule has 0 saturated heterocycles. The zero-order valence-electron chi connectivity index (χ0n) is 15.8. The number of pyridine rings is 1. The first-order valence-electron chi connectivity index (χ1n) is 9.23. The molecule has 1 aliphatic rings. The van der Waals surface area contributed by atoms with Gasteiger partial charge in [-0.3, -0.25) is 4.79 Å². The zero-order valence-corrected chi connectivity index (χ0v) is 15.8. The second kappa shape index (κ2) is 8.41. The Balaban J connectivity index is 1.81. The molecule has 25 heavy (non-hydrogen) atoms. The SMILES string of the molecule is CCCn1cc(NC2CCC(NC(=O)OC(C)(C)C)CC2)ccc1=O. The molecule has 0 spiro atoms. The van der Waals surface area contributed by atoms with Crippen LogP contribution in [-0.2, 0) is 11.3 Å². The summed E-state index contributed by atoms with van der Waals surface area (Å²) in [5.41, 5.74) is 0.555. The van der Waals surface area contributed by atoms with Gasteiger partial charge in [-0.1, -0.05) is 6.92 Å². The third-order valence-corrected chi connectivity index (χ3v) is 4.27. The van der Waals surface area contributed by atoms with Crippen molar-refractivity contribution in [3.8, 4) is 0 Å². The van der Waals surface area contributed by atoms with Crippen LogP contribution in [0.3, 0.4) is 0 Å². The van der Waals surface area contributed by atoms with E-state index in [0.29, 0.717) is 6.04 Å². The highest BCUT2D eigenvalue weighted by Gasteiger charge is 2.24. The smallest absolute Gasteiger partial charge is 0.407 e. The predicted molar refractivity (Wildman–Crippen MR) is 100 cm³/mol. The highest BCUT2D eigenvalue weighted by molar-refractivity contribution is 5.68. The van der Waals surface area contributed by atoms with Gasteiger partial charge in [-0.25, -0.2) is 4.79 Å². The summed E-state index contributed by atoms with van der Waals surface area (Å²) in [6.45, 7) is 8.40. The summed E-state index contributed by atoms with van der Waals surface area (Å²) < 4.78 is 7.06. The van der Waals surface area contributed by atoms with Crippen molar-refractivity contribution < 1.29 is 9.53 Å². The molecule has 0 atom stereocenters. The number of carbonyl (C=O) groups excluding carboxylic acids is 1. The number of rotatable bonds is 5. The molecule has 1 fully saturated rings. The Morgan fingerprint density at radius 1 is 1.20 bits per heavy atom. The molecule has 1 heterocycles. The van der Waals surface area contributed by atoms with E-state index in [1.165, 1.54) is 0 Å². The minimum Gasteiger partial charge on any atom is -0.444 e. The van der Waals surface area contributed by atoms with Gasteiger partial charge in [0.05, 0.1) is 5.69 Å². The van der Waals surface area contributed by atoms with Crippen LogP contribution >= 0.6 is 0 Å². The van der Waals surface area contributed by atoms with Gasteiger partial charge in [-0.2, -0.15) is 0 Å². The first kappa shape index (κ1) is 19.3. The first-order valence-corrected chi connectivity index (χ1v) is 9.23. The quantitative estimate of drug-likeness (QED) is 0.853. The van der Waals surface area contributed by atoms with Crippen molar-refractivity contribution >= 4 is 11.8 Å². The van der Waals surface area contributed by atoms with Gasteiger partial charge in [0.1, 0.15) is 5.60 Å². The molecule has 0 unspecified atom stereocenters. The lowest BCUT2D eigenvalue weighted by atomic mass is 9.91. The van der Waals surface area contributed by atoms with Crippen molar-refractivity contribution in [1.82, 2.24) is 9.88 Å². The Bertz CT molecular complexity index is 626. The van der Waals surface area contributed by atoms with E-state index in [4.69, 9.17) is 4.74 Å². The van der Waals surface area contributed by atoms with E-state index in [1.807, 2.05) is 33.0 Å². The molecule has 2 rings (SSSR count). The van der Waals surface area contributed by atoms with Crippen LogP contribution in [0.1, 0.15) is 59.8 Å². The van der Waals surface area contributed by atoms with Gasteiger partial charge >= 0.3 is 6.09 Å². The molecule has 0 radical (unpaired) electrons. The molecule has 2 N–H and O–H groups in total. The largest absolute Gasteiger partial charge is 0.444 e. The lowest BCUT2D eigenvalue weighted by molar-refractivity contribution is 0.0492. The van der Waals surface area contributed by atoms with Crippen molar-refractivity contribution in [3.05, 3.63) is 28.7 Å². The molecule has 0 aliphatic heterocycles. The van der Waals surface area contributed by atoms with Gasteiger partial charge in [-0.15, -0.1) is 0 Å². The normalized spacial score (nSPS) is 20.8. The van der Waals surface area contributed by atoms with Gasteiger partial charge < -0.3 is 19.9 Å². The number of ether oxygens (including phenoxy) is 1. The predicted octanol–water partition coefficient (Wildman–Crippen LogP) is 3.51. The van der Waals surface area contributed by atoms with E-state index in [1.54, 1.807) is 10.6 Å². The van der Waals surface area contributed by atoms with Crippen molar-refractivity contribution in [2.24, 2.45) is 0 Å². The molecular weight excluding hydrogens is 318 g/mol. The molecule has 6 nitrogen and oxygen atoms in total. The molecule has 140 valence electrons. The van der Waals surface area contributed by atoms with E-state index in [9.17, 15) is 9.59 Å². The molecule has 1 amide bonds. The Morgan fingerprint density at radius 2 is 1.84 bits per heavy atom. The Kier molecular flexibility index (Phi) is 6.51. The monoisotopic (exact) mass is 349 g/mol. The van der Waals surface area contributed by atoms with Crippen LogP contribution in [0.5, 0.6) is 0 Å². The van der Waals surface area contributed by atoms with Gasteiger partial charge in [0, 0.05) is 30.9 Å². The highest BCUT2D eigenvalue weighted by atomic mass is 16.6. The number of nitrogens with zero attached hydrogens (tertiary/aromatic N) is 1. The number of hydrogen-bond acceptors (Lipinski definition) is 4. The fourth-order valence-electron chi connectivity index (χ4n) is 3.12. The fourth-order valence-corrected chi connectivity index (χ4v) is 3.12. The van der Waals surface area contributed by atoms with Crippen molar-refractivity contribution in [1.29, 1.82) is 0 Å². The zero-order chi connectivity index (χ0) is 18.4. The summed E-state index contributed by atoms with van der Waals surface area (Å²) in [5, 5.41) is 6.47. The first-order chi connectivity index (χ1) is 11.8. The summed E-state index contributed by atoms with van der Waals surface area (Å²) in [4.78, 5) is 23.6. The maximum absolute atomic E-state index is 11.8. The van der Waals surface area contributed by atoms with Gasteiger partial charge in [0.15, 0.2) is 0 Å². The van der Waals surface area contributed by atoms with Gasteiger partial charge in [0.2, 0.25) is 0 Å². The number of nitrogens with one attached hydrogen (secondary N) is 2. The number of amides is 1. The van der Waals surface area contributed by atoms with Crippen molar-refractivity contribution in [3.63, 3.8) is 0 Å². The van der Waals surface area contributed by atoms with E-state index in [0.717, 1.165) is 44.3 Å². The third-order valence-electron chi connectivity index (χ3n) is 4.27. The summed E-state index contributed by atoms with van der Waals surface area (Å²) >= 11 is 0. The third kappa shape index (κ3) is 6.44. The second-order valence-electron chi connectivity index (χ2n) is 7.79. The van der Waals surface area contributed by atoms with Gasteiger partial charge in [0.25, 0.3) is 5.56 Å². The summed E-state index contributed by atoms with van der Waals surface area (Å²) in [6, 6.07) is 4.00. The minimum absolute atomic E-state index is 0.0395. The fraction of sp³-hybridized carbons (Fsp3) is 0.684. The number of aryl methyl sites for hydroxylation is 1. The van der Waals surface area contributed by atoms with Gasteiger partial charge in [-0.05, 0) is 58.9 Å². The van der Waals surface area contributed by atoms with Crippen LogP contribution < -0.4 is 16.2 Å². The molecular formula is C19H31N3O3. The molecule has 1 aromatic heterocycles. The topological polar surface area (TPSA) is 72.4 Å². The minimum atomic E-state index is -0.468. The average Bonchev–Trinajstić information content (AvgIpc) is 2.51. The van der Waals surface area contributed by atoms with Crippen LogP contribution in [0.15, 0.2) is 23.1 Å². The van der Waals surface area contributed by atoms with Crippen molar-refractivity contribution in [2.45, 2.75) is 84.0 Å². The van der Waals surface area contributed by atoms with E-state index in [-0.39, 0.29) is 17.7 Å². The molecule has 0 bridgehead atoms. The molecule has 1 aliphatic carbocycles. The summed E-state index contributed by atoms with van der Waals surface area (Å²) in [7, 11) is 0. The Hall–Kier alpha value is -1.98. The number of carbonyl (C=O) groups is 1. The maximum Gasteiger partial charge on any atom is 0.407 e.